The van der Waals surface area contributed by atoms with E-state index in [9.17, 15) is 22.4 Å². The highest BCUT2D eigenvalue weighted by atomic mass is 32.2. The number of halogens is 4. The summed E-state index contributed by atoms with van der Waals surface area (Å²) < 4.78 is 56.6. The first kappa shape index (κ1) is 40.8. The number of alkyl halides is 4. The lowest BCUT2D eigenvalue weighted by molar-refractivity contribution is -0.137. The van der Waals surface area contributed by atoms with Crippen LogP contribution in [0.5, 0.6) is 0 Å². The van der Waals surface area contributed by atoms with Crippen LogP contribution in [0.4, 0.5) is 17.6 Å². The van der Waals surface area contributed by atoms with Crippen molar-refractivity contribution in [3.8, 4) is 16.9 Å². The fraction of sp³-hybridized carbons (Fsp3) is 0.447. The first-order valence-corrected chi connectivity index (χ1v) is 18.8. The summed E-state index contributed by atoms with van der Waals surface area (Å²) in [6.45, 7) is 7.39. The second kappa shape index (κ2) is 19.2. The molecular weight excluding hydrogens is 693 g/mol. The van der Waals surface area contributed by atoms with Crippen molar-refractivity contribution in [2.75, 3.05) is 39.1 Å². The highest BCUT2D eigenvalue weighted by Gasteiger charge is 2.31. The molecule has 0 aliphatic heterocycles. The summed E-state index contributed by atoms with van der Waals surface area (Å²) in [6.07, 6.45) is 5.26. The Balaban J connectivity index is 1.68. The minimum atomic E-state index is -4.53. The highest BCUT2D eigenvalue weighted by Crippen LogP contribution is 2.36. The van der Waals surface area contributed by atoms with Gasteiger partial charge in [0.1, 0.15) is 11.5 Å². The molecule has 2 atom stereocenters. The largest absolute Gasteiger partial charge is 0.416 e. The molecule has 282 valence electrons. The molecule has 0 fully saturated rings. The number of aryl methyl sites for hydroxylation is 1. The summed E-state index contributed by atoms with van der Waals surface area (Å²) in [6, 6.07) is 11.3. The van der Waals surface area contributed by atoms with Gasteiger partial charge in [0, 0.05) is 53.9 Å². The maximum atomic E-state index is 13.9. The minimum absolute atomic E-state index is 0.0181. The molecule has 0 bridgehead atoms. The number of nitrogens with zero attached hydrogens (tertiary/aromatic N) is 4. The van der Waals surface area contributed by atoms with E-state index < -0.39 is 24.1 Å². The molecule has 2 heterocycles. The van der Waals surface area contributed by atoms with Gasteiger partial charge >= 0.3 is 11.9 Å². The molecule has 4 aromatic rings. The van der Waals surface area contributed by atoms with Crippen LogP contribution in [0.25, 0.3) is 28.0 Å². The summed E-state index contributed by atoms with van der Waals surface area (Å²) in [5, 5.41) is 0.569. The Morgan fingerprint density at radius 1 is 1.13 bits per heavy atom. The number of thioether (sulfide) groups is 1. The van der Waals surface area contributed by atoms with Crippen molar-refractivity contribution in [3.63, 3.8) is 0 Å². The number of aromatic amines is 1. The molecule has 14 heteroatoms. The standard InChI is InChI=1S/C38H50F4N8OS/c1-4-9-33(49(16-7-14-39)17-8-15-46-35(45)23-43)31-13-12-30(22-34(31)52-3)50-24-27-21-32(47-36(27)48-37(50)51)26-18-25(10-6-11-29(44)5-2)19-28(20-26)38(40,41)42/h5,12-13,18-22,24,29,33H,2,4,6-11,14-17,23,43-44H2,1,3H3,(H2,45,46)(H,47,48,51). The Bertz CT molecular complexity index is 1870. The van der Waals surface area contributed by atoms with Crippen molar-refractivity contribution < 1.29 is 17.6 Å². The van der Waals surface area contributed by atoms with Gasteiger partial charge in [0.05, 0.1) is 24.5 Å². The maximum Gasteiger partial charge on any atom is 0.416 e. The van der Waals surface area contributed by atoms with Gasteiger partial charge in [-0.1, -0.05) is 25.5 Å². The molecule has 2 aromatic heterocycles. The second-order valence-corrected chi connectivity index (χ2v) is 13.7. The smallest absolute Gasteiger partial charge is 0.386 e. The van der Waals surface area contributed by atoms with E-state index in [2.05, 4.69) is 33.4 Å². The fourth-order valence-corrected chi connectivity index (χ4v) is 7.01. The Morgan fingerprint density at radius 3 is 2.58 bits per heavy atom. The van der Waals surface area contributed by atoms with Crippen LogP contribution < -0.4 is 22.9 Å². The second-order valence-electron chi connectivity index (χ2n) is 12.8. The minimum Gasteiger partial charge on any atom is -0.386 e. The first-order chi connectivity index (χ1) is 24.9. The van der Waals surface area contributed by atoms with E-state index in [4.69, 9.17) is 17.2 Å². The summed E-state index contributed by atoms with van der Waals surface area (Å²) in [5.74, 6) is 0.403. The predicted molar refractivity (Wildman–Crippen MR) is 205 cm³/mol. The van der Waals surface area contributed by atoms with Gasteiger partial charge < -0.3 is 22.2 Å². The molecule has 0 aliphatic rings. The van der Waals surface area contributed by atoms with Gasteiger partial charge in [0.15, 0.2) is 0 Å². The molecule has 0 spiro atoms. The number of fused-ring (bicyclic) bond motifs is 1. The molecule has 2 aromatic carbocycles. The third kappa shape index (κ3) is 10.8. The van der Waals surface area contributed by atoms with E-state index >= 15 is 0 Å². The number of benzene rings is 2. The molecule has 0 amide bonds. The summed E-state index contributed by atoms with van der Waals surface area (Å²) in [5.41, 5.74) is 19.2. The SMILES string of the molecule is C=CC(N)CCCc1cc(-c2cc3cn(-c4ccc(C(CCC)N(CCCF)CCCN=C(N)CN)c(SC)c4)c(=O)nc3[nH]2)cc(C(F)(F)F)c1. The molecule has 0 aliphatic carbocycles. The van der Waals surface area contributed by atoms with Crippen LogP contribution in [0, 0.1) is 0 Å². The molecule has 0 saturated carbocycles. The highest BCUT2D eigenvalue weighted by molar-refractivity contribution is 7.98. The summed E-state index contributed by atoms with van der Waals surface area (Å²) in [7, 11) is 0. The normalized spacial score (nSPS) is 13.6. The van der Waals surface area contributed by atoms with Gasteiger partial charge in [0.25, 0.3) is 0 Å². The number of hydrogen-bond acceptors (Lipinski definition) is 7. The van der Waals surface area contributed by atoms with Crippen LogP contribution >= 0.6 is 11.8 Å². The van der Waals surface area contributed by atoms with Gasteiger partial charge in [-0.25, -0.2) is 4.79 Å². The fourth-order valence-electron chi connectivity index (χ4n) is 6.33. The molecule has 9 nitrogen and oxygen atoms in total. The number of H-pyrrole nitrogens is 1. The molecule has 7 N–H and O–H groups in total. The van der Waals surface area contributed by atoms with Crippen molar-refractivity contribution >= 4 is 28.6 Å². The van der Waals surface area contributed by atoms with E-state index in [1.54, 1.807) is 36.2 Å². The number of aromatic nitrogens is 3. The van der Waals surface area contributed by atoms with Crippen molar-refractivity contribution in [2.45, 2.75) is 75.0 Å². The average Bonchev–Trinajstić information content (AvgIpc) is 3.55. The zero-order chi connectivity index (χ0) is 37.8. The van der Waals surface area contributed by atoms with E-state index in [1.165, 1.54) is 10.6 Å². The van der Waals surface area contributed by atoms with Crippen molar-refractivity contribution in [1.82, 2.24) is 19.4 Å². The van der Waals surface area contributed by atoms with Crippen LogP contribution in [0.2, 0.25) is 0 Å². The van der Waals surface area contributed by atoms with Crippen molar-refractivity contribution in [1.29, 1.82) is 0 Å². The quantitative estimate of drug-likeness (QED) is 0.0188. The van der Waals surface area contributed by atoms with Gasteiger partial charge in [-0.05, 0) is 97.9 Å². The molecule has 0 saturated heterocycles. The summed E-state index contributed by atoms with van der Waals surface area (Å²) in [4.78, 5) is 28.3. The predicted octanol–water partition coefficient (Wildman–Crippen LogP) is 7.17. The van der Waals surface area contributed by atoms with E-state index in [-0.39, 0.29) is 24.3 Å². The maximum absolute atomic E-state index is 13.9. The topological polar surface area (TPSA) is 144 Å². The zero-order valence-electron chi connectivity index (χ0n) is 29.9. The van der Waals surface area contributed by atoms with Crippen LogP contribution in [0.15, 0.2) is 76.0 Å². The van der Waals surface area contributed by atoms with Crippen LogP contribution in [0.1, 0.15) is 68.2 Å². The molecule has 0 radical (unpaired) electrons. The Morgan fingerprint density at radius 2 is 1.90 bits per heavy atom. The zero-order valence-corrected chi connectivity index (χ0v) is 30.7. The molecule has 4 rings (SSSR count). The van der Waals surface area contributed by atoms with E-state index in [0.717, 1.165) is 35.8 Å². The van der Waals surface area contributed by atoms with Crippen molar-refractivity contribution in [2.24, 2.45) is 22.2 Å². The Hall–Kier alpha value is -3.98. The lowest BCUT2D eigenvalue weighted by atomic mass is 9.98. The van der Waals surface area contributed by atoms with Crippen LogP contribution in [-0.4, -0.2) is 70.4 Å². The number of hydrogen-bond donors (Lipinski definition) is 4. The third-order valence-electron chi connectivity index (χ3n) is 9.01. The molecule has 2 unspecified atom stereocenters. The number of nitrogens with two attached hydrogens (primary N) is 3. The number of nitrogens with one attached hydrogen (secondary N) is 1. The van der Waals surface area contributed by atoms with E-state index in [1.807, 2.05) is 24.5 Å². The van der Waals surface area contributed by atoms with E-state index in [0.29, 0.717) is 79.0 Å². The Kier molecular flexibility index (Phi) is 15.1. The monoisotopic (exact) mass is 742 g/mol. The van der Waals surface area contributed by atoms with Gasteiger partial charge in [0.2, 0.25) is 0 Å². The lowest BCUT2D eigenvalue weighted by Gasteiger charge is -2.33. The first-order valence-electron chi connectivity index (χ1n) is 17.6. The molecule has 52 heavy (non-hydrogen) atoms. The summed E-state index contributed by atoms with van der Waals surface area (Å²) >= 11 is 1.56. The lowest BCUT2D eigenvalue weighted by Crippen LogP contribution is -2.32. The van der Waals surface area contributed by atoms with Gasteiger partial charge in [-0.2, -0.15) is 18.2 Å². The number of aliphatic imine (C=N–C) groups is 1. The number of amidine groups is 1. The Labute approximate surface area is 306 Å². The third-order valence-corrected chi connectivity index (χ3v) is 9.80. The van der Waals surface area contributed by atoms with Crippen molar-refractivity contribution in [3.05, 3.63) is 88.5 Å². The average molecular weight is 743 g/mol. The van der Waals surface area contributed by atoms with Crippen LogP contribution in [-0.2, 0) is 12.6 Å². The molecular formula is C38H50F4N8OS. The number of rotatable bonds is 20. The van der Waals surface area contributed by atoms with Gasteiger partial charge in [-0.3, -0.25) is 18.8 Å². The van der Waals surface area contributed by atoms with Gasteiger partial charge in [-0.15, -0.1) is 18.3 Å². The van der Waals surface area contributed by atoms with Crippen LogP contribution in [0.3, 0.4) is 0 Å².